The van der Waals surface area contributed by atoms with Crippen molar-refractivity contribution in [3.63, 3.8) is 0 Å². The normalized spacial score (nSPS) is 43.8. The van der Waals surface area contributed by atoms with Crippen molar-refractivity contribution >= 4 is 29.6 Å². The molecule has 2 N–H and O–H groups in total. The zero-order valence-electron chi connectivity index (χ0n) is 28.6. The number of amides is 3. The standard InChI is InChI=1S/C36H53N3O6/c1-31(2)15-17-36(29(42)44-8)18-16-34(6)21(22(36)20-31)9-10-25-33(5)13-12-26(32(3,4)24(33)11-14-35(25,34)7)39-45-27(40)19-23-28(41)38-30(43)37-23/h9,22-25H,10-20H2,1-8H3,(H2,37,38,41,43)/b39-26-/t22-,23+,24+,25-,33+,34-,35-,36+/m1/s1. The SMILES string of the molecule is COC(=O)[C@]12CCC(C)(C)C[C@@H]1C1=CC[C@@H]3[C@@]4(C)CC/C(=N/OC(=O)C[C@@H]5NC(=O)NC5=O)C(C)(C)[C@@H]4CC[C@@]3(C)[C@]1(C)CC2. The molecule has 0 aromatic carbocycles. The van der Waals surface area contributed by atoms with E-state index in [0.717, 1.165) is 69.9 Å². The van der Waals surface area contributed by atoms with Gasteiger partial charge in [-0.3, -0.25) is 14.9 Å². The molecule has 0 bridgehead atoms. The Hall–Kier alpha value is -2.71. The maximum absolute atomic E-state index is 13.5. The lowest BCUT2D eigenvalue weighted by Crippen LogP contribution is -2.64. The molecule has 1 heterocycles. The number of hydrogen-bond donors (Lipinski definition) is 2. The predicted molar refractivity (Wildman–Crippen MR) is 170 cm³/mol. The first-order chi connectivity index (χ1) is 20.9. The number of urea groups is 1. The molecule has 0 spiro atoms. The lowest BCUT2D eigenvalue weighted by atomic mass is 9.33. The Morgan fingerprint density at radius 3 is 2.33 bits per heavy atom. The summed E-state index contributed by atoms with van der Waals surface area (Å²) in [5, 5.41) is 8.98. The third kappa shape index (κ3) is 4.63. The first-order valence-corrected chi connectivity index (χ1v) is 17.1. The molecule has 248 valence electrons. The molecular weight excluding hydrogens is 570 g/mol. The average Bonchev–Trinajstić information content (AvgIpc) is 3.27. The molecular formula is C36H53N3O6. The number of rotatable bonds is 4. The second-order valence-electron chi connectivity index (χ2n) is 17.3. The smallest absolute Gasteiger partial charge is 0.337 e. The number of carbonyl (C=O) groups is 4. The lowest BCUT2D eigenvalue weighted by molar-refractivity contribution is -0.181. The molecule has 1 saturated heterocycles. The molecule has 0 aromatic rings. The second kappa shape index (κ2) is 10.4. The van der Waals surface area contributed by atoms with Crippen LogP contribution in [0.2, 0.25) is 0 Å². The van der Waals surface area contributed by atoms with Crippen molar-refractivity contribution in [2.75, 3.05) is 7.11 Å². The number of allylic oxidation sites excluding steroid dienone is 2. The third-order valence-corrected chi connectivity index (χ3v) is 14.5. The summed E-state index contributed by atoms with van der Waals surface area (Å²) in [5.41, 5.74) is 2.17. The van der Waals surface area contributed by atoms with E-state index in [1.165, 1.54) is 5.57 Å². The Bertz CT molecular complexity index is 1380. The monoisotopic (exact) mass is 623 g/mol. The molecule has 0 radical (unpaired) electrons. The van der Waals surface area contributed by atoms with Crippen LogP contribution < -0.4 is 10.6 Å². The third-order valence-electron chi connectivity index (χ3n) is 14.5. The molecule has 0 aromatic heterocycles. The zero-order chi connectivity index (χ0) is 32.8. The molecule has 8 atom stereocenters. The molecule has 45 heavy (non-hydrogen) atoms. The van der Waals surface area contributed by atoms with Gasteiger partial charge in [-0.05, 0) is 104 Å². The molecule has 5 fully saturated rings. The van der Waals surface area contributed by atoms with E-state index in [1.54, 1.807) is 7.11 Å². The number of fused-ring (bicyclic) bond motifs is 7. The van der Waals surface area contributed by atoms with Gasteiger partial charge in [-0.15, -0.1) is 0 Å². The Labute approximate surface area is 268 Å². The number of methoxy groups -OCH3 is 1. The van der Waals surface area contributed by atoms with E-state index in [9.17, 15) is 19.2 Å². The Kier molecular flexibility index (Phi) is 7.45. The first kappa shape index (κ1) is 32.2. The summed E-state index contributed by atoms with van der Waals surface area (Å²) in [6.07, 6.45) is 12.2. The number of oxime groups is 1. The number of hydrogen-bond acceptors (Lipinski definition) is 7. The largest absolute Gasteiger partial charge is 0.469 e. The van der Waals surface area contributed by atoms with Gasteiger partial charge in [0.2, 0.25) is 0 Å². The van der Waals surface area contributed by atoms with Crippen molar-refractivity contribution in [2.45, 2.75) is 125 Å². The molecule has 0 unspecified atom stereocenters. The summed E-state index contributed by atoms with van der Waals surface area (Å²) < 4.78 is 5.52. The number of ether oxygens (including phenoxy) is 1. The van der Waals surface area contributed by atoms with Gasteiger partial charge < -0.3 is 14.9 Å². The minimum atomic E-state index is -0.924. The topological polar surface area (TPSA) is 123 Å². The van der Waals surface area contributed by atoms with Crippen molar-refractivity contribution in [1.29, 1.82) is 0 Å². The molecule has 9 nitrogen and oxygen atoms in total. The van der Waals surface area contributed by atoms with Crippen LogP contribution in [0.4, 0.5) is 4.79 Å². The van der Waals surface area contributed by atoms with Crippen LogP contribution in [0.5, 0.6) is 0 Å². The van der Waals surface area contributed by atoms with Crippen molar-refractivity contribution in [1.82, 2.24) is 10.6 Å². The van der Waals surface area contributed by atoms with Gasteiger partial charge >= 0.3 is 18.0 Å². The molecule has 1 aliphatic heterocycles. The number of nitrogens with zero attached hydrogens (tertiary/aromatic N) is 1. The van der Waals surface area contributed by atoms with Gasteiger partial charge in [0.25, 0.3) is 5.91 Å². The van der Waals surface area contributed by atoms with Crippen LogP contribution in [-0.2, 0) is 24.0 Å². The van der Waals surface area contributed by atoms with Gasteiger partial charge in [0, 0.05) is 5.41 Å². The quantitative estimate of drug-likeness (QED) is 0.122. The number of nitrogens with one attached hydrogen (secondary N) is 2. The van der Waals surface area contributed by atoms with Gasteiger partial charge in [0.1, 0.15) is 6.04 Å². The molecule has 5 aliphatic carbocycles. The van der Waals surface area contributed by atoms with Crippen LogP contribution in [0, 0.1) is 50.2 Å². The first-order valence-electron chi connectivity index (χ1n) is 17.1. The van der Waals surface area contributed by atoms with E-state index in [-0.39, 0.29) is 45.4 Å². The minimum Gasteiger partial charge on any atom is -0.469 e. The Balaban J connectivity index is 1.26. The fourth-order valence-corrected chi connectivity index (χ4v) is 11.7. The van der Waals surface area contributed by atoms with Crippen LogP contribution in [0.3, 0.4) is 0 Å². The van der Waals surface area contributed by atoms with Crippen molar-refractivity contribution in [3.05, 3.63) is 11.6 Å². The van der Waals surface area contributed by atoms with Crippen molar-refractivity contribution in [3.8, 4) is 0 Å². The van der Waals surface area contributed by atoms with E-state index in [0.29, 0.717) is 11.8 Å². The van der Waals surface area contributed by atoms with Crippen LogP contribution in [0.25, 0.3) is 0 Å². The Morgan fingerprint density at radius 2 is 1.67 bits per heavy atom. The number of imide groups is 1. The molecule has 6 aliphatic rings. The summed E-state index contributed by atoms with van der Waals surface area (Å²) in [7, 11) is 1.56. The summed E-state index contributed by atoms with van der Waals surface area (Å²) in [6, 6.07) is -1.52. The summed E-state index contributed by atoms with van der Waals surface area (Å²) in [4.78, 5) is 54.7. The van der Waals surface area contributed by atoms with Gasteiger partial charge in [-0.1, -0.05) is 65.3 Å². The zero-order valence-corrected chi connectivity index (χ0v) is 28.6. The highest BCUT2D eigenvalue weighted by atomic mass is 16.7. The highest BCUT2D eigenvalue weighted by Crippen LogP contribution is 2.75. The lowest BCUT2D eigenvalue weighted by Gasteiger charge is -2.70. The van der Waals surface area contributed by atoms with Crippen LogP contribution in [-0.4, -0.2) is 42.7 Å². The second-order valence-corrected chi connectivity index (χ2v) is 17.3. The maximum atomic E-state index is 13.5. The van der Waals surface area contributed by atoms with Crippen molar-refractivity contribution < 1.29 is 28.8 Å². The van der Waals surface area contributed by atoms with E-state index >= 15 is 0 Å². The highest BCUT2D eigenvalue weighted by Gasteiger charge is 2.69. The number of esters is 1. The molecule has 6 rings (SSSR count). The van der Waals surface area contributed by atoms with Gasteiger partial charge in [-0.2, -0.15) is 0 Å². The Morgan fingerprint density at radius 1 is 0.956 bits per heavy atom. The van der Waals surface area contributed by atoms with Crippen LogP contribution in [0.15, 0.2) is 16.8 Å². The van der Waals surface area contributed by atoms with Crippen LogP contribution in [0.1, 0.15) is 119 Å². The summed E-state index contributed by atoms with van der Waals surface area (Å²) >= 11 is 0. The van der Waals surface area contributed by atoms with Gasteiger partial charge in [0.05, 0.1) is 24.7 Å². The van der Waals surface area contributed by atoms with Gasteiger partial charge in [-0.25, -0.2) is 9.59 Å². The van der Waals surface area contributed by atoms with E-state index in [4.69, 9.17) is 9.57 Å². The molecule has 4 saturated carbocycles. The van der Waals surface area contributed by atoms with E-state index in [2.05, 4.69) is 70.3 Å². The number of carbonyl (C=O) groups excluding carboxylic acids is 4. The van der Waals surface area contributed by atoms with Crippen molar-refractivity contribution in [2.24, 2.45) is 55.4 Å². The van der Waals surface area contributed by atoms with E-state index < -0.39 is 29.4 Å². The molecule has 3 amide bonds. The highest BCUT2D eigenvalue weighted by molar-refractivity contribution is 6.05. The van der Waals surface area contributed by atoms with Gasteiger partial charge in [0.15, 0.2) is 0 Å². The minimum absolute atomic E-state index is 0.00768. The molecule has 9 heteroatoms. The summed E-state index contributed by atoms with van der Waals surface area (Å²) in [5.74, 6) is -0.0635. The fourth-order valence-electron chi connectivity index (χ4n) is 11.7. The predicted octanol–water partition coefficient (Wildman–Crippen LogP) is 6.46. The fraction of sp³-hybridized carbons (Fsp3) is 0.806. The maximum Gasteiger partial charge on any atom is 0.337 e. The summed E-state index contributed by atoms with van der Waals surface area (Å²) in [6.45, 7) is 16.8. The van der Waals surface area contributed by atoms with E-state index in [1.807, 2.05) is 0 Å². The average molecular weight is 624 g/mol. The van der Waals surface area contributed by atoms with Crippen LogP contribution >= 0.6 is 0 Å².